The van der Waals surface area contributed by atoms with Crippen LogP contribution in [0, 0.1) is 6.92 Å². The first-order valence-corrected chi connectivity index (χ1v) is 8.16. The van der Waals surface area contributed by atoms with E-state index in [2.05, 4.69) is 31.2 Å². The van der Waals surface area contributed by atoms with E-state index in [4.69, 9.17) is 5.10 Å². The Hall–Kier alpha value is -3.14. The van der Waals surface area contributed by atoms with Crippen molar-refractivity contribution in [1.29, 1.82) is 0 Å². The van der Waals surface area contributed by atoms with Crippen molar-refractivity contribution in [1.82, 2.24) is 14.7 Å². The van der Waals surface area contributed by atoms with Crippen molar-refractivity contribution >= 4 is 12.0 Å². The van der Waals surface area contributed by atoms with E-state index in [9.17, 15) is 4.79 Å². The van der Waals surface area contributed by atoms with Crippen molar-refractivity contribution in [2.45, 2.75) is 6.92 Å². The summed E-state index contributed by atoms with van der Waals surface area (Å²) in [5.74, 6) is -0.0534. The van der Waals surface area contributed by atoms with Crippen LogP contribution in [0.15, 0.2) is 66.9 Å². The lowest BCUT2D eigenvalue weighted by Gasteiger charge is -2.05. The molecule has 0 fully saturated rings. The number of benzene rings is 2. The maximum atomic E-state index is 11.9. The summed E-state index contributed by atoms with van der Waals surface area (Å²) in [6.07, 6.45) is 5.35. The monoisotopic (exact) mass is 331 g/mol. The van der Waals surface area contributed by atoms with Crippen LogP contribution < -0.4 is 0 Å². The Balaban J connectivity index is 2.06. The Morgan fingerprint density at radius 1 is 1.04 bits per heavy atom. The summed E-state index contributed by atoms with van der Waals surface area (Å²) in [7, 11) is 3.47. The number of rotatable bonds is 4. The molecule has 0 N–H and O–H groups in total. The van der Waals surface area contributed by atoms with E-state index in [1.807, 2.05) is 47.3 Å². The highest BCUT2D eigenvalue weighted by atomic mass is 16.2. The second-order valence-electron chi connectivity index (χ2n) is 6.15. The number of aromatic nitrogens is 2. The number of hydrogen-bond donors (Lipinski definition) is 0. The molecule has 0 bridgehead atoms. The molecule has 3 aromatic rings. The maximum Gasteiger partial charge on any atom is 0.246 e. The lowest BCUT2D eigenvalue weighted by molar-refractivity contribution is -0.123. The van der Waals surface area contributed by atoms with Crippen molar-refractivity contribution in [3.05, 3.63) is 78.0 Å². The predicted molar refractivity (Wildman–Crippen MR) is 101 cm³/mol. The van der Waals surface area contributed by atoms with Gasteiger partial charge in [0.25, 0.3) is 0 Å². The second-order valence-corrected chi connectivity index (χ2v) is 6.15. The van der Waals surface area contributed by atoms with E-state index in [1.54, 1.807) is 25.1 Å². The van der Waals surface area contributed by atoms with E-state index in [0.29, 0.717) is 0 Å². The number of carbonyl (C=O) groups excluding carboxylic acids is 1. The number of amides is 1. The molecule has 25 heavy (non-hydrogen) atoms. The van der Waals surface area contributed by atoms with Crippen molar-refractivity contribution in [3.63, 3.8) is 0 Å². The van der Waals surface area contributed by atoms with Crippen molar-refractivity contribution in [3.8, 4) is 16.9 Å². The van der Waals surface area contributed by atoms with Crippen molar-refractivity contribution < 1.29 is 4.79 Å². The summed E-state index contributed by atoms with van der Waals surface area (Å²) in [5, 5.41) is 4.74. The summed E-state index contributed by atoms with van der Waals surface area (Å²) in [6.45, 7) is 2.06. The van der Waals surface area contributed by atoms with Gasteiger partial charge < -0.3 is 4.90 Å². The van der Waals surface area contributed by atoms with Gasteiger partial charge in [0.2, 0.25) is 5.91 Å². The summed E-state index contributed by atoms with van der Waals surface area (Å²) >= 11 is 0. The molecule has 126 valence electrons. The highest BCUT2D eigenvalue weighted by molar-refractivity contribution is 5.92. The second kappa shape index (κ2) is 7.18. The van der Waals surface area contributed by atoms with Crippen LogP contribution in [0.1, 0.15) is 11.1 Å². The van der Waals surface area contributed by atoms with Crippen molar-refractivity contribution in [2.24, 2.45) is 0 Å². The van der Waals surface area contributed by atoms with Gasteiger partial charge in [0.15, 0.2) is 0 Å². The lowest BCUT2D eigenvalue weighted by atomic mass is 10.1. The lowest BCUT2D eigenvalue weighted by Crippen LogP contribution is -2.18. The molecule has 4 nitrogen and oxygen atoms in total. The molecule has 4 heteroatoms. The van der Waals surface area contributed by atoms with Crippen LogP contribution in [-0.2, 0) is 4.79 Å². The van der Waals surface area contributed by atoms with Crippen LogP contribution in [0.3, 0.4) is 0 Å². The van der Waals surface area contributed by atoms with Gasteiger partial charge in [0.1, 0.15) is 0 Å². The van der Waals surface area contributed by atoms with Gasteiger partial charge in [0, 0.05) is 37.5 Å². The molecular formula is C21H21N3O. The Labute approximate surface area is 148 Å². The van der Waals surface area contributed by atoms with Crippen LogP contribution in [0.25, 0.3) is 23.0 Å². The average Bonchev–Trinajstić information content (AvgIpc) is 3.05. The zero-order chi connectivity index (χ0) is 17.8. The van der Waals surface area contributed by atoms with Gasteiger partial charge in [-0.2, -0.15) is 5.10 Å². The highest BCUT2D eigenvalue weighted by Crippen LogP contribution is 2.25. The number of carbonyl (C=O) groups is 1. The van der Waals surface area contributed by atoms with Gasteiger partial charge in [-0.15, -0.1) is 0 Å². The van der Waals surface area contributed by atoms with Gasteiger partial charge in [-0.05, 0) is 25.1 Å². The molecule has 0 saturated heterocycles. The average molecular weight is 331 g/mol. The Morgan fingerprint density at radius 3 is 2.36 bits per heavy atom. The molecule has 0 unspecified atom stereocenters. The van der Waals surface area contributed by atoms with Gasteiger partial charge in [0.05, 0.1) is 11.4 Å². The molecule has 0 saturated carbocycles. The summed E-state index contributed by atoms with van der Waals surface area (Å²) < 4.78 is 1.84. The molecular weight excluding hydrogens is 310 g/mol. The molecule has 0 aliphatic heterocycles. The molecule has 3 rings (SSSR count). The minimum Gasteiger partial charge on any atom is -0.345 e. The quantitative estimate of drug-likeness (QED) is 0.679. The summed E-state index contributed by atoms with van der Waals surface area (Å²) in [5.41, 5.74) is 4.97. The summed E-state index contributed by atoms with van der Waals surface area (Å²) in [4.78, 5) is 13.4. The molecule has 2 aromatic carbocycles. The zero-order valence-corrected chi connectivity index (χ0v) is 14.7. The van der Waals surface area contributed by atoms with Crippen LogP contribution in [0.5, 0.6) is 0 Å². The first-order valence-electron chi connectivity index (χ1n) is 8.16. The minimum absolute atomic E-state index is 0.0534. The highest BCUT2D eigenvalue weighted by Gasteiger charge is 2.11. The molecule has 0 radical (unpaired) electrons. The molecule has 0 aliphatic carbocycles. The Kier molecular flexibility index (Phi) is 4.80. The van der Waals surface area contributed by atoms with Gasteiger partial charge in [-0.25, -0.2) is 4.68 Å². The zero-order valence-electron chi connectivity index (χ0n) is 14.7. The smallest absolute Gasteiger partial charge is 0.246 e. The fourth-order valence-corrected chi connectivity index (χ4v) is 2.47. The fraction of sp³-hybridized carbons (Fsp3) is 0.143. The third-order valence-corrected chi connectivity index (χ3v) is 3.93. The van der Waals surface area contributed by atoms with Crippen LogP contribution >= 0.6 is 0 Å². The standard InChI is InChI=1S/C21H21N3O/c1-16-9-11-17(12-10-16)21-18(13-14-20(25)23(2)3)15-24(22-21)19-7-5-4-6-8-19/h4-15H,1-3H3/b14-13+. The van der Waals surface area contributed by atoms with E-state index in [-0.39, 0.29) is 5.91 Å². The fourth-order valence-electron chi connectivity index (χ4n) is 2.47. The maximum absolute atomic E-state index is 11.9. The SMILES string of the molecule is Cc1ccc(-c2nn(-c3ccccc3)cc2/C=C/C(=O)N(C)C)cc1. The number of para-hydroxylation sites is 1. The number of nitrogens with zero attached hydrogens (tertiary/aromatic N) is 3. The summed E-state index contributed by atoms with van der Waals surface area (Å²) in [6, 6.07) is 18.2. The first kappa shape index (κ1) is 16.7. The third-order valence-electron chi connectivity index (χ3n) is 3.93. The van der Waals surface area contributed by atoms with E-state index >= 15 is 0 Å². The number of hydrogen-bond acceptors (Lipinski definition) is 2. The van der Waals surface area contributed by atoms with E-state index < -0.39 is 0 Å². The van der Waals surface area contributed by atoms with Gasteiger partial charge >= 0.3 is 0 Å². The first-order chi connectivity index (χ1) is 12.0. The number of aryl methyl sites for hydroxylation is 1. The topological polar surface area (TPSA) is 38.1 Å². The van der Waals surface area contributed by atoms with E-state index in [0.717, 1.165) is 22.5 Å². The minimum atomic E-state index is -0.0534. The van der Waals surface area contributed by atoms with Crippen molar-refractivity contribution in [2.75, 3.05) is 14.1 Å². The number of likely N-dealkylation sites (N-methyl/N-ethyl adjacent to an activating group) is 1. The Bertz CT molecular complexity index is 891. The van der Waals surface area contributed by atoms with Gasteiger partial charge in [-0.1, -0.05) is 48.0 Å². The predicted octanol–water partition coefficient (Wildman–Crippen LogP) is 3.95. The molecule has 1 amide bonds. The van der Waals surface area contributed by atoms with Gasteiger partial charge in [-0.3, -0.25) is 4.79 Å². The molecule has 0 aliphatic rings. The van der Waals surface area contributed by atoms with Crippen LogP contribution in [0.4, 0.5) is 0 Å². The normalized spacial score (nSPS) is 11.0. The molecule has 0 atom stereocenters. The molecule has 1 aromatic heterocycles. The Morgan fingerprint density at radius 2 is 1.72 bits per heavy atom. The van der Waals surface area contributed by atoms with Crippen LogP contribution in [0.2, 0.25) is 0 Å². The van der Waals surface area contributed by atoms with E-state index in [1.165, 1.54) is 5.56 Å². The van der Waals surface area contributed by atoms with Crippen LogP contribution in [-0.4, -0.2) is 34.7 Å². The molecule has 1 heterocycles. The third kappa shape index (κ3) is 3.86. The molecule has 0 spiro atoms. The largest absolute Gasteiger partial charge is 0.345 e.